The van der Waals surface area contributed by atoms with E-state index in [1.165, 1.54) is 13.5 Å². The topological polar surface area (TPSA) is 38.8 Å². The standard InChI is InChI=1S/C11H19NO3/c1-12-8-9(10(13)14-2)7-11(12)5-3-4-6-15-11/h9H,3-8H2,1-2H3/t9-,11+/m1/s1. The zero-order chi connectivity index (χ0) is 10.9. The third-order valence-corrected chi connectivity index (χ3v) is 3.62. The molecule has 1 spiro atoms. The molecule has 0 bridgehead atoms. The lowest BCUT2D eigenvalue weighted by Crippen LogP contribution is -2.46. The molecular formula is C11H19NO3. The molecule has 0 aromatic rings. The SMILES string of the molecule is COC(=O)[C@H]1CN(C)[C@]2(CCCCO2)C1. The van der Waals surface area contributed by atoms with E-state index in [4.69, 9.17) is 9.47 Å². The molecule has 2 atom stereocenters. The van der Waals surface area contributed by atoms with E-state index in [2.05, 4.69) is 4.90 Å². The molecule has 0 unspecified atom stereocenters. The number of hydrogen-bond acceptors (Lipinski definition) is 4. The van der Waals surface area contributed by atoms with Gasteiger partial charge in [0.2, 0.25) is 0 Å². The Hall–Kier alpha value is -0.610. The minimum absolute atomic E-state index is 0.0156. The van der Waals surface area contributed by atoms with Crippen molar-refractivity contribution in [1.29, 1.82) is 0 Å². The molecule has 4 nitrogen and oxygen atoms in total. The van der Waals surface area contributed by atoms with Gasteiger partial charge in [0.25, 0.3) is 0 Å². The lowest BCUT2D eigenvalue weighted by atomic mass is 9.96. The minimum atomic E-state index is -0.183. The van der Waals surface area contributed by atoms with Gasteiger partial charge in [-0.25, -0.2) is 0 Å². The van der Waals surface area contributed by atoms with Crippen LogP contribution in [0.3, 0.4) is 0 Å². The molecule has 0 aromatic carbocycles. The highest BCUT2D eigenvalue weighted by Crippen LogP contribution is 2.39. The van der Waals surface area contributed by atoms with Crippen LogP contribution in [0.1, 0.15) is 25.7 Å². The van der Waals surface area contributed by atoms with Crippen molar-refractivity contribution in [1.82, 2.24) is 4.90 Å². The fraction of sp³-hybridized carbons (Fsp3) is 0.909. The van der Waals surface area contributed by atoms with Crippen molar-refractivity contribution in [3.63, 3.8) is 0 Å². The van der Waals surface area contributed by atoms with E-state index < -0.39 is 0 Å². The second kappa shape index (κ2) is 4.10. The molecule has 0 aliphatic carbocycles. The number of esters is 1. The van der Waals surface area contributed by atoms with Crippen molar-refractivity contribution in [2.24, 2.45) is 5.92 Å². The van der Waals surface area contributed by atoms with Crippen LogP contribution < -0.4 is 0 Å². The highest BCUT2D eigenvalue weighted by Gasteiger charge is 2.48. The van der Waals surface area contributed by atoms with Gasteiger partial charge in [-0.15, -0.1) is 0 Å². The summed E-state index contributed by atoms with van der Waals surface area (Å²) in [6.07, 6.45) is 4.16. The van der Waals surface area contributed by atoms with Crippen molar-refractivity contribution in [3.05, 3.63) is 0 Å². The smallest absolute Gasteiger partial charge is 0.310 e. The normalized spacial score (nSPS) is 37.1. The third kappa shape index (κ3) is 1.88. The summed E-state index contributed by atoms with van der Waals surface area (Å²) in [5.74, 6) is -0.119. The number of carbonyl (C=O) groups excluding carboxylic acids is 1. The predicted molar refractivity (Wildman–Crippen MR) is 55.3 cm³/mol. The van der Waals surface area contributed by atoms with Crippen LogP contribution in [0.2, 0.25) is 0 Å². The monoisotopic (exact) mass is 213 g/mol. The Bertz CT molecular complexity index is 248. The maximum Gasteiger partial charge on any atom is 0.310 e. The van der Waals surface area contributed by atoms with Crippen LogP contribution in [0.15, 0.2) is 0 Å². The number of nitrogens with zero attached hydrogens (tertiary/aromatic N) is 1. The van der Waals surface area contributed by atoms with Gasteiger partial charge in [-0.3, -0.25) is 9.69 Å². The molecule has 0 radical (unpaired) electrons. The highest BCUT2D eigenvalue weighted by molar-refractivity contribution is 5.73. The summed E-state index contributed by atoms with van der Waals surface area (Å²) in [4.78, 5) is 13.7. The summed E-state index contributed by atoms with van der Waals surface area (Å²) in [7, 11) is 3.49. The van der Waals surface area contributed by atoms with E-state index in [-0.39, 0.29) is 17.6 Å². The number of likely N-dealkylation sites (tertiary alicyclic amines) is 1. The first-order valence-electron chi connectivity index (χ1n) is 5.61. The van der Waals surface area contributed by atoms with Gasteiger partial charge in [0.05, 0.1) is 13.0 Å². The molecule has 2 aliphatic rings. The third-order valence-electron chi connectivity index (χ3n) is 3.62. The van der Waals surface area contributed by atoms with Crippen molar-refractivity contribution < 1.29 is 14.3 Å². The maximum atomic E-state index is 11.5. The minimum Gasteiger partial charge on any atom is -0.469 e. The van der Waals surface area contributed by atoms with E-state index in [9.17, 15) is 4.79 Å². The zero-order valence-electron chi connectivity index (χ0n) is 9.49. The molecule has 0 amide bonds. The first-order valence-corrected chi connectivity index (χ1v) is 5.61. The van der Waals surface area contributed by atoms with Gasteiger partial charge in [-0.05, 0) is 26.3 Å². The van der Waals surface area contributed by atoms with E-state index in [1.807, 2.05) is 7.05 Å². The Morgan fingerprint density at radius 3 is 2.93 bits per heavy atom. The molecule has 0 saturated carbocycles. The van der Waals surface area contributed by atoms with Crippen molar-refractivity contribution in [2.45, 2.75) is 31.4 Å². The Labute approximate surface area is 90.5 Å². The van der Waals surface area contributed by atoms with E-state index in [0.29, 0.717) is 0 Å². The van der Waals surface area contributed by atoms with E-state index >= 15 is 0 Å². The number of rotatable bonds is 1. The molecule has 4 heteroatoms. The summed E-state index contributed by atoms with van der Waals surface area (Å²) < 4.78 is 10.7. The molecule has 2 rings (SSSR count). The zero-order valence-corrected chi connectivity index (χ0v) is 9.49. The van der Waals surface area contributed by atoms with Gasteiger partial charge >= 0.3 is 5.97 Å². The van der Waals surface area contributed by atoms with Gasteiger partial charge in [-0.2, -0.15) is 0 Å². The summed E-state index contributed by atoms with van der Waals surface area (Å²) in [5.41, 5.74) is -0.183. The van der Waals surface area contributed by atoms with Gasteiger partial charge in [0.15, 0.2) is 0 Å². The number of methoxy groups -OCH3 is 1. The lowest BCUT2D eigenvalue weighted by Gasteiger charge is -2.39. The maximum absolute atomic E-state index is 11.5. The van der Waals surface area contributed by atoms with Gasteiger partial charge in [0, 0.05) is 19.6 Å². The van der Waals surface area contributed by atoms with Crippen molar-refractivity contribution in [2.75, 3.05) is 27.3 Å². The molecule has 2 heterocycles. The summed E-state index contributed by atoms with van der Waals surface area (Å²) in [6, 6.07) is 0. The fourth-order valence-electron chi connectivity index (χ4n) is 2.73. The number of hydrogen-bond donors (Lipinski definition) is 0. The predicted octanol–water partition coefficient (Wildman–Crippen LogP) is 1.01. The van der Waals surface area contributed by atoms with Gasteiger partial charge < -0.3 is 9.47 Å². The van der Waals surface area contributed by atoms with Crippen LogP contribution in [0.5, 0.6) is 0 Å². The molecule has 0 aromatic heterocycles. The van der Waals surface area contributed by atoms with Gasteiger partial charge in [-0.1, -0.05) is 0 Å². The van der Waals surface area contributed by atoms with Crippen LogP contribution in [-0.4, -0.2) is 43.9 Å². The largest absolute Gasteiger partial charge is 0.469 e. The van der Waals surface area contributed by atoms with Crippen LogP contribution in [0.25, 0.3) is 0 Å². The molecule has 86 valence electrons. The summed E-state index contributed by atoms with van der Waals surface area (Å²) in [6.45, 7) is 1.57. The Morgan fingerprint density at radius 2 is 2.33 bits per heavy atom. The first kappa shape index (κ1) is 10.9. The average Bonchev–Trinajstić information content (AvgIpc) is 2.57. The Balaban J connectivity index is 2.05. The highest BCUT2D eigenvalue weighted by atomic mass is 16.5. The molecular weight excluding hydrogens is 194 g/mol. The van der Waals surface area contributed by atoms with Crippen molar-refractivity contribution in [3.8, 4) is 0 Å². The molecule has 2 fully saturated rings. The summed E-state index contributed by atoms with van der Waals surface area (Å²) in [5, 5.41) is 0. The lowest BCUT2D eigenvalue weighted by molar-refractivity contribution is -0.155. The first-order chi connectivity index (χ1) is 7.18. The molecule has 15 heavy (non-hydrogen) atoms. The second-order valence-electron chi connectivity index (χ2n) is 4.56. The van der Waals surface area contributed by atoms with Crippen LogP contribution in [0, 0.1) is 5.92 Å². The van der Waals surface area contributed by atoms with Crippen molar-refractivity contribution >= 4 is 5.97 Å². The second-order valence-corrected chi connectivity index (χ2v) is 4.56. The van der Waals surface area contributed by atoms with E-state index in [0.717, 1.165) is 32.4 Å². The molecule has 2 saturated heterocycles. The van der Waals surface area contributed by atoms with Crippen LogP contribution >= 0.6 is 0 Å². The number of carbonyl (C=O) groups is 1. The Morgan fingerprint density at radius 1 is 1.53 bits per heavy atom. The molecule has 0 N–H and O–H groups in total. The van der Waals surface area contributed by atoms with E-state index in [1.54, 1.807) is 0 Å². The molecule has 2 aliphatic heterocycles. The van der Waals surface area contributed by atoms with Crippen LogP contribution in [-0.2, 0) is 14.3 Å². The number of ether oxygens (including phenoxy) is 2. The van der Waals surface area contributed by atoms with Crippen LogP contribution in [0.4, 0.5) is 0 Å². The average molecular weight is 213 g/mol. The van der Waals surface area contributed by atoms with Gasteiger partial charge in [0.1, 0.15) is 5.72 Å². The fourth-order valence-corrected chi connectivity index (χ4v) is 2.73. The Kier molecular flexibility index (Phi) is 2.98. The summed E-state index contributed by atoms with van der Waals surface area (Å²) >= 11 is 0. The quantitative estimate of drug-likeness (QED) is 0.609.